The molecule has 0 spiro atoms. The van der Waals surface area contributed by atoms with Crippen LogP contribution in [0.2, 0.25) is 0 Å². The number of hydrogen-bond acceptors (Lipinski definition) is 10. The zero-order chi connectivity index (χ0) is 23.7. The highest BCUT2D eigenvalue weighted by Gasteiger charge is 2.65. The lowest BCUT2D eigenvalue weighted by molar-refractivity contribution is -0.440. The normalized spacial score (nSPS) is 24.2. The van der Waals surface area contributed by atoms with E-state index in [4.69, 9.17) is 14.6 Å². The van der Waals surface area contributed by atoms with Gasteiger partial charge >= 0.3 is 5.97 Å². The van der Waals surface area contributed by atoms with Crippen LogP contribution in [0.3, 0.4) is 0 Å². The first-order valence-corrected chi connectivity index (χ1v) is 9.17. The smallest absolute Gasteiger partial charge is 0.338 e. The van der Waals surface area contributed by atoms with E-state index in [1.807, 2.05) is 0 Å². The van der Waals surface area contributed by atoms with Crippen molar-refractivity contribution in [2.75, 3.05) is 0 Å². The van der Waals surface area contributed by atoms with E-state index < -0.39 is 36.0 Å². The lowest BCUT2D eigenvalue weighted by atomic mass is 9.92. The van der Waals surface area contributed by atoms with E-state index in [2.05, 4.69) is 0 Å². The molecule has 0 aliphatic carbocycles. The number of allylic oxidation sites excluding steroid dienone is 1. The average Bonchev–Trinajstić information content (AvgIpc) is 2.74. The molecule has 0 saturated carbocycles. The first-order valence-electron chi connectivity index (χ1n) is 9.17. The number of phenolic OH excluding ortho intramolecular Hbond substituents is 1. The summed E-state index contributed by atoms with van der Waals surface area (Å²) in [6.45, 7) is 0. The number of carboxylic acids is 1. The second-order valence-corrected chi connectivity index (χ2v) is 7.09. The summed E-state index contributed by atoms with van der Waals surface area (Å²) in [6, 6.07) is 11.3. The molecule has 0 amide bonds. The minimum absolute atomic E-state index is 0.0895. The van der Waals surface area contributed by atoms with Crippen molar-refractivity contribution < 1.29 is 54.8 Å². The summed E-state index contributed by atoms with van der Waals surface area (Å²) in [6.07, 6.45) is -4.57. The molecule has 2 aromatic rings. The fraction of sp³-hybridized carbons (Fsp3) is 0.238. The molecular weight excluding hydrogens is 428 g/mol. The predicted octanol–water partition coefficient (Wildman–Crippen LogP) is -0.801. The maximum Gasteiger partial charge on any atom is 0.338 e. The van der Waals surface area contributed by atoms with Crippen LogP contribution in [-0.2, 0) is 9.53 Å². The van der Waals surface area contributed by atoms with E-state index in [1.165, 1.54) is 48.6 Å². The lowest BCUT2D eigenvalue weighted by Gasteiger charge is -2.47. The molecule has 1 aliphatic heterocycles. The van der Waals surface area contributed by atoms with Gasteiger partial charge in [0, 0.05) is 5.56 Å². The Morgan fingerprint density at radius 1 is 0.938 bits per heavy atom. The second kappa shape index (κ2) is 8.67. The van der Waals surface area contributed by atoms with Crippen LogP contribution in [0.4, 0.5) is 0 Å². The molecule has 1 fully saturated rings. The number of hydrogen-bond donors (Lipinski definition) is 7. The largest absolute Gasteiger partial charge is 0.508 e. The van der Waals surface area contributed by atoms with Gasteiger partial charge in [0.2, 0.25) is 11.9 Å². The number of benzene rings is 2. The molecule has 1 heterocycles. The summed E-state index contributed by atoms with van der Waals surface area (Å²) in [7, 11) is 0. The van der Waals surface area contributed by atoms with Crippen LogP contribution >= 0.6 is 0 Å². The van der Waals surface area contributed by atoms with Gasteiger partial charge in [-0.3, -0.25) is 4.79 Å². The number of carbonyl (C=O) groups excluding carboxylic acids is 1. The van der Waals surface area contributed by atoms with E-state index in [1.54, 1.807) is 12.1 Å². The molecule has 0 bridgehead atoms. The van der Waals surface area contributed by atoms with E-state index in [9.17, 15) is 40.2 Å². The molecule has 3 rings (SSSR count). The maximum atomic E-state index is 12.3. The number of carboxylic acid groups (broad SMARTS) is 1. The topological polar surface area (TPSA) is 194 Å². The van der Waals surface area contributed by atoms with Gasteiger partial charge in [-0.2, -0.15) is 0 Å². The van der Waals surface area contributed by atoms with Crippen LogP contribution in [0.15, 0.2) is 54.6 Å². The Morgan fingerprint density at radius 2 is 1.53 bits per heavy atom. The minimum atomic E-state index is -3.50. The van der Waals surface area contributed by atoms with E-state index in [0.717, 1.165) is 0 Å². The number of aliphatic carboxylic acids is 1. The van der Waals surface area contributed by atoms with Crippen molar-refractivity contribution in [3.05, 3.63) is 65.7 Å². The molecule has 3 atom stereocenters. The van der Waals surface area contributed by atoms with Gasteiger partial charge in [0.25, 0.3) is 12.1 Å². The van der Waals surface area contributed by atoms with Crippen molar-refractivity contribution in [2.45, 2.75) is 30.1 Å². The summed E-state index contributed by atoms with van der Waals surface area (Å²) in [5.41, 5.74) is 0.924. The van der Waals surface area contributed by atoms with Crippen molar-refractivity contribution in [3.8, 4) is 11.5 Å². The summed E-state index contributed by atoms with van der Waals surface area (Å²) in [4.78, 5) is 23.5. The van der Waals surface area contributed by atoms with Crippen LogP contribution in [-0.4, -0.2) is 77.6 Å². The van der Waals surface area contributed by atoms with Gasteiger partial charge in [-0.1, -0.05) is 18.2 Å². The Morgan fingerprint density at radius 3 is 2.09 bits per heavy atom. The first-order chi connectivity index (χ1) is 14.9. The van der Waals surface area contributed by atoms with Crippen molar-refractivity contribution in [1.29, 1.82) is 0 Å². The zero-order valence-corrected chi connectivity index (χ0v) is 16.3. The third-order valence-electron chi connectivity index (χ3n) is 4.72. The first kappa shape index (κ1) is 23.3. The van der Waals surface area contributed by atoms with Crippen molar-refractivity contribution >= 4 is 17.8 Å². The average molecular weight is 448 g/mol. The van der Waals surface area contributed by atoms with Crippen LogP contribution in [0.5, 0.6) is 11.5 Å². The van der Waals surface area contributed by atoms with E-state index in [0.29, 0.717) is 5.56 Å². The SMILES string of the molecule is O=C(C=Cc1ccc(O)cc1)c1ccc(OC2OC(C(=O)O)C(O)(O)C(O)C2(O)O)cc1. The number of aliphatic hydroxyl groups is 5. The third-order valence-corrected chi connectivity index (χ3v) is 4.72. The van der Waals surface area contributed by atoms with E-state index in [-0.39, 0.29) is 22.8 Å². The van der Waals surface area contributed by atoms with Gasteiger partial charge in [0.1, 0.15) is 11.5 Å². The third kappa shape index (κ3) is 4.62. The fourth-order valence-corrected chi connectivity index (χ4v) is 2.94. The molecule has 11 heteroatoms. The highest BCUT2D eigenvalue weighted by molar-refractivity contribution is 6.06. The molecule has 170 valence electrons. The summed E-state index contributed by atoms with van der Waals surface area (Å²) in [5.74, 6) is -9.15. The van der Waals surface area contributed by atoms with Gasteiger partial charge in [-0.15, -0.1) is 0 Å². The van der Waals surface area contributed by atoms with Crippen molar-refractivity contribution in [3.63, 3.8) is 0 Å². The van der Waals surface area contributed by atoms with Gasteiger partial charge < -0.3 is 45.2 Å². The second-order valence-electron chi connectivity index (χ2n) is 7.09. The van der Waals surface area contributed by atoms with E-state index >= 15 is 0 Å². The number of aliphatic hydroxyl groups excluding tert-OH is 1. The Balaban J connectivity index is 1.72. The summed E-state index contributed by atoms with van der Waals surface area (Å²) >= 11 is 0. The Bertz CT molecular complexity index is 1010. The monoisotopic (exact) mass is 448 g/mol. The number of rotatable bonds is 6. The highest BCUT2D eigenvalue weighted by atomic mass is 16.8. The Kier molecular flexibility index (Phi) is 6.32. The number of ketones is 1. The minimum Gasteiger partial charge on any atom is -0.508 e. The molecule has 1 saturated heterocycles. The molecule has 7 N–H and O–H groups in total. The summed E-state index contributed by atoms with van der Waals surface area (Å²) in [5, 5.41) is 67.6. The molecule has 0 radical (unpaired) electrons. The summed E-state index contributed by atoms with van der Waals surface area (Å²) < 4.78 is 9.92. The van der Waals surface area contributed by atoms with Gasteiger partial charge in [0.05, 0.1) is 0 Å². The molecular formula is C21H20O11. The number of carbonyl (C=O) groups is 2. The molecule has 2 aromatic carbocycles. The van der Waals surface area contributed by atoms with Crippen LogP contribution in [0.1, 0.15) is 15.9 Å². The molecule has 3 unspecified atom stereocenters. The van der Waals surface area contributed by atoms with Gasteiger partial charge in [-0.25, -0.2) is 4.79 Å². The fourth-order valence-electron chi connectivity index (χ4n) is 2.94. The van der Waals surface area contributed by atoms with Gasteiger partial charge in [0.15, 0.2) is 11.9 Å². The van der Waals surface area contributed by atoms with Crippen molar-refractivity contribution in [2.24, 2.45) is 0 Å². The Hall–Kier alpha value is -3.32. The van der Waals surface area contributed by atoms with Crippen LogP contribution in [0.25, 0.3) is 6.08 Å². The van der Waals surface area contributed by atoms with Crippen molar-refractivity contribution in [1.82, 2.24) is 0 Å². The molecule has 11 nitrogen and oxygen atoms in total. The standard InChI is InChI=1S/C21H20O11/c22-13-6-1-11(2-7-13)3-10-15(23)12-4-8-14(9-5-12)31-19-21(29,30)18(26)20(27,28)16(32-19)17(24)25/h1-10,16,18-19,22,26-30H,(H,24,25). The quantitative estimate of drug-likeness (QED) is 0.166. The zero-order valence-electron chi connectivity index (χ0n) is 16.3. The van der Waals surface area contributed by atoms with Crippen LogP contribution < -0.4 is 4.74 Å². The highest BCUT2D eigenvalue weighted by Crippen LogP contribution is 2.35. The number of ether oxygens (including phenoxy) is 2. The van der Waals surface area contributed by atoms with Crippen LogP contribution in [0, 0.1) is 0 Å². The lowest BCUT2D eigenvalue weighted by Crippen LogP contribution is -2.74. The molecule has 0 aromatic heterocycles. The molecule has 1 aliphatic rings. The Labute approximate surface area is 180 Å². The van der Waals surface area contributed by atoms with Gasteiger partial charge in [-0.05, 0) is 48.0 Å². The number of aromatic hydroxyl groups is 1. The predicted molar refractivity (Wildman–Crippen MR) is 105 cm³/mol. The maximum absolute atomic E-state index is 12.3. The number of phenols is 1. The molecule has 32 heavy (non-hydrogen) atoms.